The van der Waals surface area contributed by atoms with Gasteiger partial charge in [-0.2, -0.15) is 11.8 Å². The molecule has 0 aliphatic heterocycles. The van der Waals surface area contributed by atoms with E-state index in [-0.39, 0.29) is 17.5 Å². The van der Waals surface area contributed by atoms with E-state index in [1.165, 1.54) is 18.2 Å². The molecule has 0 heterocycles. The summed E-state index contributed by atoms with van der Waals surface area (Å²) in [5.74, 6) is 0.718. The highest BCUT2D eigenvalue weighted by molar-refractivity contribution is 7.98. The predicted octanol–water partition coefficient (Wildman–Crippen LogP) is 2.25. The molecule has 1 rings (SSSR count). The molecule has 2 N–H and O–H groups in total. The molecule has 0 aliphatic carbocycles. The van der Waals surface area contributed by atoms with Crippen LogP contribution < -0.4 is 4.72 Å². The van der Waals surface area contributed by atoms with Crippen molar-refractivity contribution in [3.05, 3.63) is 28.8 Å². The van der Waals surface area contributed by atoms with Gasteiger partial charge in [-0.3, -0.25) is 0 Å². The summed E-state index contributed by atoms with van der Waals surface area (Å²) in [7, 11) is -3.58. The summed E-state index contributed by atoms with van der Waals surface area (Å²) in [6.45, 7) is 1.65. The quantitative estimate of drug-likeness (QED) is 0.807. The van der Waals surface area contributed by atoms with Gasteiger partial charge in [-0.25, -0.2) is 13.1 Å². The Morgan fingerprint density at radius 3 is 2.68 bits per heavy atom. The number of aliphatic hydroxyl groups is 1. The SMILES string of the molecule is CCC(CSC)NS(=O)(=O)c1ccc(Cl)c(CO)c1. The first-order valence-corrected chi connectivity index (χ1v) is 9.10. The largest absolute Gasteiger partial charge is 0.392 e. The van der Waals surface area contributed by atoms with Crippen LogP contribution >= 0.6 is 23.4 Å². The molecule has 1 aromatic rings. The van der Waals surface area contributed by atoms with Crippen molar-refractivity contribution in [3.63, 3.8) is 0 Å². The molecule has 108 valence electrons. The summed E-state index contributed by atoms with van der Waals surface area (Å²) in [6.07, 6.45) is 2.66. The number of thioether (sulfide) groups is 1. The molecule has 19 heavy (non-hydrogen) atoms. The van der Waals surface area contributed by atoms with Crippen molar-refractivity contribution in [1.29, 1.82) is 0 Å². The minimum atomic E-state index is -3.58. The Kier molecular flexibility index (Phi) is 6.62. The summed E-state index contributed by atoms with van der Waals surface area (Å²) < 4.78 is 27.1. The van der Waals surface area contributed by atoms with Crippen LogP contribution in [0.25, 0.3) is 0 Å². The molecule has 0 fully saturated rings. The van der Waals surface area contributed by atoms with E-state index in [2.05, 4.69) is 4.72 Å². The molecular weight excluding hydrogens is 306 g/mol. The smallest absolute Gasteiger partial charge is 0.240 e. The molecule has 0 amide bonds. The number of hydrogen-bond acceptors (Lipinski definition) is 4. The van der Waals surface area contributed by atoms with Crippen molar-refractivity contribution in [1.82, 2.24) is 4.72 Å². The Morgan fingerprint density at radius 1 is 1.47 bits per heavy atom. The van der Waals surface area contributed by atoms with Gasteiger partial charge in [-0.15, -0.1) is 0 Å². The van der Waals surface area contributed by atoms with E-state index in [0.717, 1.165) is 12.2 Å². The lowest BCUT2D eigenvalue weighted by molar-refractivity contribution is 0.281. The van der Waals surface area contributed by atoms with E-state index < -0.39 is 10.0 Å². The molecule has 1 aromatic carbocycles. The molecule has 0 aliphatic rings. The topological polar surface area (TPSA) is 66.4 Å². The number of nitrogens with one attached hydrogen (secondary N) is 1. The van der Waals surface area contributed by atoms with Crippen LogP contribution in [0.15, 0.2) is 23.1 Å². The van der Waals surface area contributed by atoms with Gasteiger partial charge in [0.25, 0.3) is 0 Å². The van der Waals surface area contributed by atoms with E-state index in [0.29, 0.717) is 10.6 Å². The first kappa shape index (κ1) is 16.8. The predicted molar refractivity (Wildman–Crippen MR) is 80.2 cm³/mol. The van der Waals surface area contributed by atoms with E-state index >= 15 is 0 Å². The lowest BCUT2D eigenvalue weighted by Gasteiger charge is -2.16. The molecule has 0 spiro atoms. The maximum absolute atomic E-state index is 12.2. The fraction of sp³-hybridized carbons (Fsp3) is 0.500. The summed E-state index contributed by atoms with van der Waals surface area (Å²) in [4.78, 5) is 0.125. The number of aliphatic hydroxyl groups excluding tert-OH is 1. The molecule has 0 bridgehead atoms. The first-order chi connectivity index (χ1) is 8.94. The summed E-state index contributed by atoms with van der Waals surface area (Å²) in [5, 5.41) is 9.48. The highest BCUT2D eigenvalue weighted by Gasteiger charge is 2.19. The van der Waals surface area contributed by atoms with Crippen LogP contribution in [0.2, 0.25) is 5.02 Å². The Morgan fingerprint density at radius 2 is 2.16 bits per heavy atom. The van der Waals surface area contributed by atoms with Gasteiger partial charge in [-0.1, -0.05) is 18.5 Å². The van der Waals surface area contributed by atoms with Crippen LogP contribution in [0.1, 0.15) is 18.9 Å². The van der Waals surface area contributed by atoms with E-state index in [1.54, 1.807) is 11.8 Å². The van der Waals surface area contributed by atoms with Crippen LogP contribution in [0.5, 0.6) is 0 Å². The number of benzene rings is 1. The second kappa shape index (κ2) is 7.50. The van der Waals surface area contributed by atoms with Gasteiger partial charge in [0.05, 0.1) is 11.5 Å². The van der Waals surface area contributed by atoms with Gasteiger partial charge in [-0.05, 0) is 36.4 Å². The van der Waals surface area contributed by atoms with Crippen LogP contribution in [-0.2, 0) is 16.6 Å². The zero-order chi connectivity index (χ0) is 14.5. The van der Waals surface area contributed by atoms with E-state index in [9.17, 15) is 8.42 Å². The summed E-state index contributed by atoms with van der Waals surface area (Å²) in [6, 6.07) is 4.22. The molecule has 0 aromatic heterocycles. The second-order valence-corrected chi connectivity index (χ2v) is 7.12. The van der Waals surface area contributed by atoms with Gasteiger partial charge in [0.2, 0.25) is 10.0 Å². The van der Waals surface area contributed by atoms with Gasteiger partial charge >= 0.3 is 0 Å². The van der Waals surface area contributed by atoms with Crippen molar-refractivity contribution in [2.75, 3.05) is 12.0 Å². The van der Waals surface area contributed by atoms with Crippen LogP contribution in [-0.4, -0.2) is 31.6 Å². The number of sulfonamides is 1. The summed E-state index contributed by atoms with van der Waals surface area (Å²) >= 11 is 7.44. The molecule has 1 unspecified atom stereocenters. The number of hydrogen-bond donors (Lipinski definition) is 2. The van der Waals surface area contributed by atoms with Crippen molar-refractivity contribution in [2.45, 2.75) is 30.9 Å². The van der Waals surface area contributed by atoms with Crippen LogP contribution in [0, 0.1) is 0 Å². The molecule has 7 heteroatoms. The minimum absolute atomic E-state index is 0.103. The fourth-order valence-electron chi connectivity index (χ4n) is 1.56. The standard InChI is InChI=1S/C12H18ClNO3S2/c1-3-10(8-18-2)14-19(16,17)11-4-5-12(13)9(6-11)7-15/h4-6,10,14-15H,3,7-8H2,1-2H3. The first-order valence-electron chi connectivity index (χ1n) is 5.85. The van der Waals surface area contributed by atoms with Crippen LogP contribution in [0.4, 0.5) is 0 Å². The Balaban J connectivity index is 2.99. The third kappa shape index (κ3) is 4.65. The number of rotatable bonds is 7. The van der Waals surface area contributed by atoms with Crippen molar-refractivity contribution in [2.24, 2.45) is 0 Å². The lowest BCUT2D eigenvalue weighted by Crippen LogP contribution is -2.36. The normalized spacial score (nSPS) is 13.5. The monoisotopic (exact) mass is 323 g/mol. The van der Waals surface area contributed by atoms with E-state index in [4.69, 9.17) is 16.7 Å². The van der Waals surface area contributed by atoms with Gasteiger partial charge in [0, 0.05) is 16.8 Å². The van der Waals surface area contributed by atoms with Gasteiger partial charge in [0.15, 0.2) is 0 Å². The van der Waals surface area contributed by atoms with E-state index in [1.807, 2.05) is 13.2 Å². The Hall–Kier alpha value is -0.270. The lowest BCUT2D eigenvalue weighted by atomic mass is 10.2. The molecular formula is C12H18ClNO3S2. The second-order valence-electron chi connectivity index (χ2n) is 4.09. The fourth-order valence-corrected chi connectivity index (χ4v) is 3.94. The van der Waals surface area contributed by atoms with Crippen molar-refractivity contribution < 1.29 is 13.5 Å². The van der Waals surface area contributed by atoms with Gasteiger partial charge < -0.3 is 5.11 Å². The third-order valence-electron chi connectivity index (χ3n) is 2.68. The highest BCUT2D eigenvalue weighted by atomic mass is 35.5. The average molecular weight is 324 g/mol. The maximum Gasteiger partial charge on any atom is 0.240 e. The Labute approximate surface area is 123 Å². The molecule has 4 nitrogen and oxygen atoms in total. The average Bonchev–Trinajstić information content (AvgIpc) is 2.38. The zero-order valence-corrected chi connectivity index (χ0v) is 13.3. The third-order valence-corrected chi connectivity index (χ3v) is 5.30. The molecule has 0 radical (unpaired) electrons. The minimum Gasteiger partial charge on any atom is -0.392 e. The Bertz CT molecular complexity index is 520. The molecule has 0 saturated carbocycles. The maximum atomic E-state index is 12.2. The van der Waals surface area contributed by atoms with Crippen LogP contribution in [0.3, 0.4) is 0 Å². The zero-order valence-electron chi connectivity index (χ0n) is 10.9. The van der Waals surface area contributed by atoms with Gasteiger partial charge in [0.1, 0.15) is 0 Å². The van der Waals surface area contributed by atoms with Crippen molar-refractivity contribution >= 4 is 33.4 Å². The highest BCUT2D eigenvalue weighted by Crippen LogP contribution is 2.21. The summed E-state index contributed by atoms with van der Waals surface area (Å²) in [5.41, 5.74) is 0.405. The molecule has 1 atom stereocenters. The van der Waals surface area contributed by atoms with Crippen molar-refractivity contribution in [3.8, 4) is 0 Å². The number of halogens is 1. The molecule has 0 saturated heterocycles.